The van der Waals surface area contributed by atoms with Gasteiger partial charge in [0.05, 0.1) is 0 Å². The molecule has 1 aliphatic heterocycles. The molecule has 1 unspecified atom stereocenters. The summed E-state index contributed by atoms with van der Waals surface area (Å²) in [6, 6.07) is 11.8. The fraction of sp³-hybridized carbons (Fsp3) is 0.381. The van der Waals surface area contributed by atoms with E-state index in [1.165, 1.54) is 16.1 Å². The van der Waals surface area contributed by atoms with Crippen LogP contribution in [-0.4, -0.2) is 40.1 Å². The van der Waals surface area contributed by atoms with Crippen LogP contribution in [0.1, 0.15) is 40.4 Å². The van der Waals surface area contributed by atoms with E-state index in [0.29, 0.717) is 29.4 Å². The summed E-state index contributed by atoms with van der Waals surface area (Å²) in [6.07, 6.45) is 3.73. The van der Waals surface area contributed by atoms with Crippen LogP contribution in [0.25, 0.3) is 5.65 Å². The third-order valence-corrected chi connectivity index (χ3v) is 5.53. The van der Waals surface area contributed by atoms with E-state index in [-0.39, 0.29) is 17.4 Å². The van der Waals surface area contributed by atoms with Gasteiger partial charge in [-0.15, -0.1) is 0 Å². The van der Waals surface area contributed by atoms with Crippen LogP contribution >= 0.6 is 0 Å². The molecule has 2 aromatic heterocycles. The number of piperidine rings is 1. The average Bonchev–Trinajstić information content (AvgIpc) is 3.14. The third kappa shape index (κ3) is 3.71. The lowest BCUT2D eigenvalue weighted by atomic mass is 9.80. The highest BCUT2D eigenvalue weighted by molar-refractivity contribution is 5.99. The van der Waals surface area contributed by atoms with Crippen molar-refractivity contribution < 1.29 is 4.79 Å². The standard InChI is InChI=1S/C21H25N5O2/c1-14-11-19(27)26-20(25-14)18(13-24-26)21(28)23-12-17(15-5-3-2-4-6-15)16-7-9-22-10-8-16/h2-6,11,13,16-17,22,24H,7-10,12H2,1H3,(H,23,28). The Balaban J connectivity index is 1.55. The molecule has 0 aliphatic carbocycles. The van der Waals surface area contributed by atoms with Gasteiger partial charge in [0, 0.05) is 30.4 Å². The van der Waals surface area contributed by atoms with Gasteiger partial charge < -0.3 is 10.6 Å². The summed E-state index contributed by atoms with van der Waals surface area (Å²) in [7, 11) is 0. The minimum Gasteiger partial charge on any atom is -0.351 e. The number of fused-ring (bicyclic) bond motifs is 1. The maximum Gasteiger partial charge on any atom is 0.272 e. The highest BCUT2D eigenvalue weighted by atomic mass is 16.2. The fourth-order valence-electron chi connectivity index (χ4n) is 4.06. The summed E-state index contributed by atoms with van der Waals surface area (Å²) in [4.78, 5) is 29.3. The highest BCUT2D eigenvalue weighted by Gasteiger charge is 2.26. The molecule has 4 rings (SSSR count). The average molecular weight is 379 g/mol. The molecule has 28 heavy (non-hydrogen) atoms. The summed E-state index contributed by atoms with van der Waals surface area (Å²) in [5.74, 6) is 0.566. The molecular formula is C21H25N5O2. The zero-order valence-electron chi connectivity index (χ0n) is 15.9. The molecule has 0 spiro atoms. The quantitative estimate of drug-likeness (QED) is 0.631. The number of carbonyl (C=O) groups is 1. The monoisotopic (exact) mass is 379 g/mol. The first-order chi connectivity index (χ1) is 13.6. The zero-order valence-corrected chi connectivity index (χ0v) is 15.9. The Labute approximate surface area is 163 Å². The number of nitrogens with zero attached hydrogens (tertiary/aromatic N) is 2. The maximum atomic E-state index is 12.9. The van der Waals surface area contributed by atoms with Crippen molar-refractivity contribution in [3.8, 4) is 0 Å². The summed E-state index contributed by atoms with van der Waals surface area (Å²) in [5, 5.41) is 9.30. The second kappa shape index (κ2) is 7.98. The van der Waals surface area contributed by atoms with Gasteiger partial charge in [-0.3, -0.25) is 14.7 Å². The van der Waals surface area contributed by atoms with Crippen molar-refractivity contribution in [2.75, 3.05) is 19.6 Å². The van der Waals surface area contributed by atoms with Gasteiger partial charge in [0.2, 0.25) is 0 Å². The number of rotatable bonds is 5. The van der Waals surface area contributed by atoms with E-state index in [2.05, 4.69) is 32.8 Å². The normalized spacial score (nSPS) is 16.2. The second-order valence-electron chi connectivity index (χ2n) is 7.40. The van der Waals surface area contributed by atoms with Crippen LogP contribution < -0.4 is 16.2 Å². The second-order valence-corrected chi connectivity index (χ2v) is 7.40. The van der Waals surface area contributed by atoms with Crippen molar-refractivity contribution in [1.29, 1.82) is 0 Å². The molecule has 7 heteroatoms. The maximum absolute atomic E-state index is 12.9. The molecule has 3 heterocycles. The Morgan fingerprint density at radius 3 is 2.79 bits per heavy atom. The van der Waals surface area contributed by atoms with E-state index in [9.17, 15) is 9.59 Å². The van der Waals surface area contributed by atoms with Crippen molar-refractivity contribution >= 4 is 11.6 Å². The first-order valence-electron chi connectivity index (χ1n) is 9.75. The molecule has 0 bridgehead atoms. The molecule has 1 fully saturated rings. The van der Waals surface area contributed by atoms with Crippen molar-refractivity contribution in [1.82, 2.24) is 25.2 Å². The number of hydrogen-bond acceptors (Lipinski definition) is 4. The fourth-order valence-corrected chi connectivity index (χ4v) is 4.06. The molecule has 1 saturated heterocycles. The van der Waals surface area contributed by atoms with Gasteiger partial charge >= 0.3 is 0 Å². The van der Waals surface area contributed by atoms with Crippen LogP contribution in [0.4, 0.5) is 0 Å². The molecule has 1 aliphatic rings. The van der Waals surface area contributed by atoms with Crippen LogP contribution in [-0.2, 0) is 0 Å². The topological polar surface area (TPSA) is 91.3 Å². The Morgan fingerprint density at radius 1 is 1.29 bits per heavy atom. The Bertz CT molecular complexity index is 1020. The van der Waals surface area contributed by atoms with Gasteiger partial charge in [0.1, 0.15) is 5.56 Å². The predicted octanol–water partition coefficient (Wildman–Crippen LogP) is 1.84. The largest absolute Gasteiger partial charge is 0.351 e. The molecule has 1 aromatic carbocycles. The lowest BCUT2D eigenvalue weighted by molar-refractivity contribution is 0.0948. The molecule has 146 valence electrons. The van der Waals surface area contributed by atoms with Crippen molar-refractivity contribution in [2.24, 2.45) is 5.92 Å². The Hall–Kier alpha value is -2.93. The summed E-state index contributed by atoms with van der Waals surface area (Å²) >= 11 is 0. The molecule has 0 radical (unpaired) electrons. The number of aromatic amines is 1. The Morgan fingerprint density at radius 2 is 2.04 bits per heavy atom. The summed E-state index contributed by atoms with van der Waals surface area (Å²) in [5.41, 5.74) is 2.37. The van der Waals surface area contributed by atoms with E-state index < -0.39 is 0 Å². The molecule has 3 N–H and O–H groups in total. The van der Waals surface area contributed by atoms with Crippen molar-refractivity contribution in [2.45, 2.75) is 25.7 Å². The van der Waals surface area contributed by atoms with Crippen molar-refractivity contribution in [3.63, 3.8) is 0 Å². The minimum absolute atomic E-state index is 0.217. The first kappa shape index (κ1) is 18.4. The summed E-state index contributed by atoms with van der Waals surface area (Å²) in [6.45, 7) is 4.33. The molecule has 7 nitrogen and oxygen atoms in total. The number of aromatic nitrogens is 3. The SMILES string of the molecule is Cc1cc(=O)n2[nH]cc(C(=O)NCC(c3ccccc3)C3CCNCC3)c2n1. The van der Waals surface area contributed by atoms with Gasteiger partial charge in [0.25, 0.3) is 11.5 Å². The van der Waals surface area contributed by atoms with Crippen LogP contribution in [0.3, 0.4) is 0 Å². The molecule has 1 amide bonds. The number of carbonyl (C=O) groups excluding carboxylic acids is 1. The molecular weight excluding hydrogens is 354 g/mol. The molecule has 0 saturated carbocycles. The van der Waals surface area contributed by atoms with Crippen LogP contribution in [0, 0.1) is 12.8 Å². The Kier molecular flexibility index (Phi) is 5.25. The lowest BCUT2D eigenvalue weighted by Crippen LogP contribution is -2.36. The number of benzene rings is 1. The number of hydrogen-bond donors (Lipinski definition) is 3. The van der Waals surface area contributed by atoms with Gasteiger partial charge in [-0.1, -0.05) is 30.3 Å². The molecule has 1 atom stereocenters. The van der Waals surface area contributed by atoms with Crippen LogP contribution in [0.15, 0.2) is 47.4 Å². The number of nitrogens with one attached hydrogen (secondary N) is 3. The highest BCUT2D eigenvalue weighted by Crippen LogP contribution is 2.30. The van der Waals surface area contributed by atoms with Gasteiger partial charge in [-0.25, -0.2) is 9.50 Å². The van der Waals surface area contributed by atoms with E-state index >= 15 is 0 Å². The van der Waals surface area contributed by atoms with Crippen LogP contribution in [0.2, 0.25) is 0 Å². The first-order valence-corrected chi connectivity index (χ1v) is 9.75. The smallest absolute Gasteiger partial charge is 0.272 e. The number of H-pyrrole nitrogens is 1. The van der Waals surface area contributed by atoms with Crippen molar-refractivity contribution in [3.05, 3.63) is 69.8 Å². The van der Waals surface area contributed by atoms with Gasteiger partial charge in [0.15, 0.2) is 5.65 Å². The lowest BCUT2D eigenvalue weighted by Gasteiger charge is -2.31. The minimum atomic E-state index is -0.224. The van der Waals surface area contributed by atoms with E-state index in [1.54, 1.807) is 13.1 Å². The van der Waals surface area contributed by atoms with Gasteiger partial charge in [-0.05, 0) is 44.3 Å². The number of aryl methyl sites for hydroxylation is 1. The molecule has 3 aromatic rings. The van der Waals surface area contributed by atoms with Gasteiger partial charge in [-0.2, -0.15) is 0 Å². The predicted molar refractivity (Wildman–Crippen MR) is 108 cm³/mol. The third-order valence-electron chi connectivity index (χ3n) is 5.53. The summed E-state index contributed by atoms with van der Waals surface area (Å²) < 4.78 is 1.30. The number of amides is 1. The van der Waals surface area contributed by atoms with E-state index in [1.807, 2.05) is 18.2 Å². The van der Waals surface area contributed by atoms with E-state index in [4.69, 9.17) is 0 Å². The zero-order chi connectivity index (χ0) is 19.5. The van der Waals surface area contributed by atoms with Crippen LogP contribution in [0.5, 0.6) is 0 Å². The van der Waals surface area contributed by atoms with E-state index in [0.717, 1.165) is 25.9 Å².